The molecule has 0 amide bonds. The van der Waals surface area contributed by atoms with Crippen LogP contribution >= 0.6 is 0 Å². The van der Waals surface area contributed by atoms with Gasteiger partial charge in [0.2, 0.25) is 0 Å². The van der Waals surface area contributed by atoms with Crippen LogP contribution in [0, 0.1) is 5.92 Å². The van der Waals surface area contributed by atoms with Crippen LogP contribution in [0.3, 0.4) is 0 Å². The molecule has 1 aliphatic heterocycles. The number of hydrogen-bond donors (Lipinski definition) is 2. The number of nitrogens with one attached hydrogen (secondary N) is 1. The van der Waals surface area contributed by atoms with Crippen molar-refractivity contribution >= 4 is 18.0 Å². The Morgan fingerprint density at radius 3 is 3.12 bits per heavy atom. The minimum Gasteiger partial charge on any atom is -0.481 e. The van der Waals surface area contributed by atoms with Crippen molar-refractivity contribution in [2.45, 2.75) is 45.0 Å². The first-order chi connectivity index (χ1) is 12.1. The Kier molecular flexibility index (Phi) is 8.08. The predicted octanol–water partition coefficient (Wildman–Crippen LogP) is 3.06. The highest BCUT2D eigenvalue weighted by atomic mass is 16.7. The molecule has 7 heteroatoms. The molecule has 0 saturated carbocycles. The average Bonchev–Trinajstić information content (AvgIpc) is 2.60. The number of hydrazone groups is 1. The zero-order valence-electron chi connectivity index (χ0n) is 14.4. The zero-order valence-corrected chi connectivity index (χ0v) is 14.4. The average molecular weight is 347 g/mol. The lowest BCUT2D eigenvalue weighted by molar-refractivity contribution is -0.206. The molecule has 0 unspecified atom stereocenters. The Bertz CT molecular complexity index is 577. The first kappa shape index (κ1) is 19.1. The Labute approximate surface area is 147 Å². The van der Waals surface area contributed by atoms with Gasteiger partial charge in [0.1, 0.15) is 11.9 Å². The van der Waals surface area contributed by atoms with Crippen LogP contribution in [-0.2, 0) is 14.3 Å². The van der Waals surface area contributed by atoms with Crippen LogP contribution in [0.15, 0.2) is 41.6 Å². The van der Waals surface area contributed by atoms with Crippen LogP contribution < -0.4 is 5.43 Å². The summed E-state index contributed by atoms with van der Waals surface area (Å²) >= 11 is 0. The van der Waals surface area contributed by atoms with E-state index in [1.165, 1.54) is 0 Å². The van der Waals surface area contributed by atoms with Crippen LogP contribution in [0.4, 0.5) is 5.82 Å². The number of carbonyl (C=O) groups is 1. The number of carboxylic acid groups (broad SMARTS) is 1. The maximum absolute atomic E-state index is 10.5. The number of hydrogen-bond acceptors (Lipinski definition) is 6. The van der Waals surface area contributed by atoms with E-state index >= 15 is 0 Å². The number of unbranched alkanes of at least 4 members (excludes halogenated alkanes) is 1. The molecule has 7 nitrogen and oxygen atoms in total. The number of carboxylic acids is 1. The fourth-order valence-electron chi connectivity index (χ4n) is 2.45. The predicted molar refractivity (Wildman–Crippen MR) is 95.4 cm³/mol. The summed E-state index contributed by atoms with van der Waals surface area (Å²) in [4.78, 5) is 14.6. The Morgan fingerprint density at radius 1 is 1.48 bits per heavy atom. The summed E-state index contributed by atoms with van der Waals surface area (Å²) in [7, 11) is 0. The van der Waals surface area contributed by atoms with Gasteiger partial charge in [0, 0.05) is 18.5 Å². The lowest BCUT2D eigenvalue weighted by Gasteiger charge is -2.32. The quantitative estimate of drug-likeness (QED) is 0.309. The van der Waals surface area contributed by atoms with Crippen LogP contribution in [0.5, 0.6) is 0 Å². The Morgan fingerprint density at radius 2 is 2.36 bits per heavy atom. The van der Waals surface area contributed by atoms with Crippen LogP contribution in [0.25, 0.3) is 0 Å². The van der Waals surface area contributed by atoms with Gasteiger partial charge in [-0.3, -0.25) is 10.2 Å². The molecule has 3 atom stereocenters. The molecule has 0 bridgehead atoms. The highest BCUT2D eigenvalue weighted by molar-refractivity contribution is 5.66. The van der Waals surface area contributed by atoms with Gasteiger partial charge in [-0.15, -0.1) is 0 Å². The molecule has 0 aromatic carbocycles. The summed E-state index contributed by atoms with van der Waals surface area (Å²) in [5, 5.41) is 12.8. The number of nitrogens with zero attached hydrogens (tertiary/aromatic N) is 2. The Balaban J connectivity index is 1.80. The number of anilines is 1. The second-order valence-electron chi connectivity index (χ2n) is 5.86. The van der Waals surface area contributed by atoms with E-state index in [4.69, 9.17) is 14.6 Å². The van der Waals surface area contributed by atoms with Gasteiger partial charge in [0.05, 0.1) is 12.8 Å². The lowest BCUT2D eigenvalue weighted by atomic mass is 9.98. The maximum atomic E-state index is 10.5. The Hall–Kier alpha value is -2.25. The van der Waals surface area contributed by atoms with Crippen LogP contribution in [0.1, 0.15) is 32.6 Å². The minimum absolute atomic E-state index is 0.149. The minimum atomic E-state index is -0.756. The summed E-state index contributed by atoms with van der Waals surface area (Å²) < 4.78 is 11.4. The van der Waals surface area contributed by atoms with E-state index in [1.54, 1.807) is 12.4 Å². The van der Waals surface area contributed by atoms with Crippen LogP contribution in [-0.4, -0.2) is 41.3 Å². The smallest absolute Gasteiger partial charge is 0.303 e. The van der Waals surface area contributed by atoms with Gasteiger partial charge in [0.15, 0.2) is 6.29 Å². The normalized spacial score (nSPS) is 24.0. The monoisotopic (exact) mass is 347 g/mol. The van der Waals surface area contributed by atoms with Crippen molar-refractivity contribution in [3.05, 3.63) is 36.5 Å². The highest BCUT2D eigenvalue weighted by Gasteiger charge is 2.28. The van der Waals surface area contributed by atoms with E-state index < -0.39 is 5.97 Å². The summed E-state index contributed by atoms with van der Waals surface area (Å²) in [6.07, 6.45) is 9.51. The standard InChI is InChI=1S/C18H25N3O4/c1-14-24-13-15(8-4-2-3-5-10-18(22)23)16(25-14)12-20-21-17-9-6-7-11-19-17/h2,4,6-7,9,11-12,14-16H,3,5,8,10,13H2,1H3,(H,19,21)(H,22,23)/t14-,15+,16+/m1/s1. The largest absolute Gasteiger partial charge is 0.481 e. The maximum Gasteiger partial charge on any atom is 0.303 e. The van der Waals surface area contributed by atoms with Crippen molar-refractivity contribution in [2.75, 3.05) is 12.0 Å². The molecule has 1 aromatic heterocycles. The van der Waals surface area contributed by atoms with Crippen molar-refractivity contribution in [2.24, 2.45) is 11.0 Å². The van der Waals surface area contributed by atoms with Gasteiger partial charge in [-0.05, 0) is 38.3 Å². The molecule has 0 spiro atoms. The number of ether oxygens (including phenoxy) is 2. The van der Waals surface area contributed by atoms with Crippen molar-refractivity contribution in [1.82, 2.24) is 4.98 Å². The molecule has 0 aliphatic carbocycles. The van der Waals surface area contributed by atoms with Gasteiger partial charge in [0.25, 0.3) is 0 Å². The van der Waals surface area contributed by atoms with E-state index in [1.807, 2.05) is 31.2 Å². The van der Waals surface area contributed by atoms with E-state index in [-0.39, 0.29) is 24.7 Å². The third-order valence-electron chi connectivity index (χ3n) is 3.79. The van der Waals surface area contributed by atoms with E-state index in [0.717, 1.165) is 12.8 Å². The molecule has 2 heterocycles. The SMILES string of the molecule is C[C@@H]1OC[C@H](CC=CCCCC(=O)O)[C@H](C=NNc2ccccn2)O1. The van der Waals surface area contributed by atoms with Crippen molar-refractivity contribution < 1.29 is 19.4 Å². The summed E-state index contributed by atoms with van der Waals surface area (Å²) in [6.45, 7) is 2.46. The highest BCUT2D eigenvalue weighted by Crippen LogP contribution is 2.21. The molecular weight excluding hydrogens is 322 g/mol. The van der Waals surface area contributed by atoms with E-state index in [2.05, 4.69) is 21.6 Å². The molecule has 1 saturated heterocycles. The van der Waals surface area contributed by atoms with Gasteiger partial charge in [-0.25, -0.2) is 4.98 Å². The zero-order chi connectivity index (χ0) is 17.9. The van der Waals surface area contributed by atoms with E-state index in [9.17, 15) is 4.79 Å². The van der Waals surface area contributed by atoms with Crippen LogP contribution in [0.2, 0.25) is 0 Å². The second kappa shape index (κ2) is 10.6. The van der Waals surface area contributed by atoms with Crippen molar-refractivity contribution in [1.29, 1.82) is 0 Å². The van der Waals surface area contributed by atoms with E-state index in [0.29, 0.717) is 18.8 Å². The molecular formula is C18H25N3O4. The molecule has 1 aliphatic rings. The second-order valence-corrected chi connectivity index (χ2v) is 5.86. The third kappa shape index (κ3) is 7.45. The lowest BCUT2D eigenvalue weighted by Crippen LogP contribution is -2.39. The fraction of sp³-hybridized carbons (Fsp3) is 0.500. The number of rotatable bonds is 9. The molecule has 2 N–H and O–H groups in total. The van der Waals surface area contributed by atoms with Gasteiger partial charge >= 0.3 is 5.97 Å². The number of aromatic nitrogens is 1. The number of allylic oxidation sites excluding steroid dienone is 2. The van der Waals surface area contributed by atoms with Gasteiger partial charge < -0.3 is 14.6 Å². The van der Waals surface area contributed by atoms with Crippen molar-refractivity contribution in [3.63, 3.8) is 0 Å². The molecule has 136 valence electrons. The molecule has 1 aromatic rings. The molecule has 1 fully saturated rings. The molecule has 25 heavy (non-hydrogen) atoms. The molecule has 0 radical (unpaired) electrons. The summed E-state index contributed by atoms with van der Waals surface area (Å²) in [5.74, 6) is 0.0862. The summed E-state index contributed by atoms with van der Waals surface area (Å²) in [5.41, 5.74) is 2.89. The number of pyridine rings is 1. The third-order valence-corrected chi connectivity index (χ3v) is 3.79. The summed E-state index contributed by atoms with van der Waals surface area (Å²) in [6, 6.07) is 5.56. The van der Waals surface area contributed by atoms with Gasteiger partial charge in [-0.1, -0.05) is 18.2 Å². The first-order valence-corrected chi connectivity index (χ1v) is 8.49. The first-order valence-electron chi connectivity index (χ1n) is 8.49. The van der Waals surface area contributed by atoms with Crippen molar-refractivity contribution in [3.8, 4) is 0 Å². The van der Waals surface area contributed by atoms with Gasteiger partial charge in [-0.2, -0.15) is 5.10 Å². The molecule has 2 rings (SSSR count). The number of aliphatic carboxylic acids is 1. The fourth-order valence-corrected chi connectivity index (χ4v) is 2.45. The topological polar surface area (TPSA) is 93.0 Å².